The summed E-state index contributed by atoms with van der Waals surface area (Å²) in [6, 6.07) is 9.56. The first-order chi connectivity index (χ1) is 12.9. The van der Waals surface area contributed by atoms with E-state index in [0.29, 0.717) is 11.8 Å². The van der Waals surface area contributed by atoms with E-state index >= 15 is 0 Å². The Kier molecular flexibility index (Phi) is 5.00. The molecule has 0 radical (unpaired) electrons. The number of nitrogens with one attached hydrogen (secondary N) is 1. The molecule has 0 heterocycles. The number of rotatable bonds is 6. The Morgan fingerprint density at radius 2 is 1.63 bits per heavy atom. The van der Waals surface area contributed by atoms with Crippen molar-refractivity contribution in [2.75, 3.05) is 13.6 Å². The Morgan fingerprint density at radius 3 is 2.15 bits per heavy atom. The molecule has 1 atom stereocenters. The van der Waals surface area contributed by atoms with Crippen LogP contribution in [0.4, 0.5) is 0 Å². The van der Waals surface area contributed by atoms with Crippen LogP contribution in [0, 0.1) is 23.2 Å². The summed E-state index contributed by atoms with van der Waals surface area (Å²) in [6.07, 6.45) is 8.53. The van der Waals surface area contributed by atoms with Gasteiger partial charge in [-0.3, -0.25) is 9.59 Å². The topological polar surface area (TPSA) is 49.4 Å². The minimum atomic E-state index is -0.255. The Hall–Kier alpha value is -1.84. The van der Waals surface area contributed by atoms with E-state index in [1.807, 2.05) is 42.3 Å². The minimum absolute atomic E-state index is 0.0969. The van der Waals surface area contributed by atoms with Crippen LogP contribution in [0.3, 0.4) is 0 Å². The summed E-state index contributed by atoms with van der Waals surface area (Å²) in [5.74, 6) is 2.73. The van der Waals surface area contributed by atoms with Gasteiger partial charge in [-0.15, -0.1) is 0 Å². The fourth-order valence-corrected chi connectivity index (χ4v) is 6.59. The zero-order valence-corrected chi connectivity index (χ0v) is 16.6. The van der Waals surface area contributed by atoms with Crippen molar-refractivity contribution in [1.29, 1.82) is 0 Å². The molecule has 146 valence electrons. The molecule has 0 aliphatic heterocycles. The highest BCUT2D eigenvalue weighted by Gasteiger charge is 2.51. The van der Waals surface area contributed by atoms with Crippen molar-refractivity contribution in [2.45, 2.75) is 57.9 Å². The van der Waals surface area contributed by atoms with Crippen LogP contribution in [-0.4, -0.2) is 30.3 Å². The normalized spacial score (nSPS) is 32.1. The maximum Gasteiger partial charge on any atom is 0.224 e. The average molecular weight is 369 g/mol. The highest BCUT2D eigenvalue weighted by atomic mass is 16.2. The lowest BCUT2D eigenvalue weighted by Gasteiger charge is -2.57. The van der Waals surface area contributed by atoms with Crippen LogP contribution in [0.15, 0.2) is 30.3 Å². The van der Waals surface area contributed by atoms with Gasteiger partial charge in [-0.25, -0.2) is 0 Å². The summed E-state index contributed by atoms with van der Waals surface area (Å²) < 4.78 is 0. The lowest BCUT2D eigenvalue weighted by Crippen LogP contribution is -2.51. The second-order valence-corrected chi connectivity index (χ2v) is 9.54. The number of nitrogens with zero attached hydrogens (tertiary/aromatic N) is 1. The number of carbonyl (C=O) groups is 2. The zero-order chi connectivity index (χ0) is 19.0. The van der Waals surface area contributed by atoms with E-state index in [1.165, 1.54) is 45.4 Å². The monoisotopic (exact) mass is 368 g/mol. The van der Waals surface area contributed by atoms with Gasteiger partial charge in [-0.2, -0.15) is 0 Å². The molecule has 4 heteroatoms. The van der Waals surface area contributed by atoms with E-state index < -0.39 is 0 Å². The molecule has 0 aromatic heterocycles. The third kappa shape index (κ3) is 4.04. The van der Waals surface area contributed by atoms with Gasteiger partial charge in [-0.05, 0) is 67.3 Å². The van der Waals surface area contributed by atoms with Crippen molar-refractivity contribution in [3.8, 4) is 0 Å². The van der Waals surface area contributed by atoms with Crippen LogP contribution in [-0.2, 0) is 9.59 Å². The Bertz CT molecular complexity index is 664. The third-order valence-electron chi connectivity index (χ3n) is 7.12. The standard InChI is InChI=1S/C23H32N2O2/c1-16(26)24-21(20-6-4-3-5-7-20)11-22(27)25(2)15-23-12-17-8-18(13-23)10-19(9-17)14-23/h3-7,17-19,21H,8-15H2,1-2H3,(H,24,26). The van der Waals surface area contributed by atoms with Crippen molar-refractivity contribution < 1.29 is 9.59 Å². The van der Waals surface area contributed by atoms with Crippen LogP contribution >= 0.6 is 0 Å². The van der Waals surface area contributed by atoms with Crippen molar-refractivity contribution >= 4 is 11.8 Å². The molecule has 1 N–H and O–H groups in total. The second-order valence-electron chi connectivity index (χ2n) is 9.54. The molecule has 2 amide bonds. The van der Waals surface area contributed by atoms with Gasteiger partial charge in [0.1, 0.15) is 0 Å². The SMILES string of the molecule is CC(=O)NC(CC(=O)N(C)CC12CC3CC(CC(C3)C1)C2)c1ccccc1. The number of carbonyl (C=O) groups excluding carboxylic acids is 2. The van der Waals surface area contributed by atoms with Crippen LogP contribution in [0.1, 0.15) is 63.5 Å². The fraction of sp³-hybridized carbons (Fsp3) is 0.652. The van der Waals surface area contributed by atoms with E-state index in [1.54, 1.807) is 0 Å². The summed E-state index contributed by atoms with van der Waals surface area (Å²) in [5, 5.41) is 2.95. The van der Waals surface area contributed by atoms with Crippen molar-refractivity contribution in [1.82, 2.24) is 10.2 Å². The predicted octanol–water partition coefficient (Wildman–Crippen LogP) is 3.93. The van der Waals surface area contributed by atoms with Gasteiger partial charge in [0.2, 0.25) is 11.8 Å². The number of benzene rings is 1. The first-order valence-electron chi connectivity index (χ1n) is 10.5. The molecular weight excluding hydrogens is 336 g/mol. The fourth-order valence-electron chi connectivity index (χ4n) is 6.59. The Labute approximate surface area is 162 Å². The number of hydrogen-bond acceptors (Lipinski definition) is 2. The van der Waals surface area contributed by atoms with Gasteiger partial charge >= 0.3 is 0 Å². The van der Waals surface area contributed by atoms with E-state index in [0.717, 1.165) is 29.9 Å². The molecule has 4 nitrogen and oxygen atoms in total. The molecular formula is C23H32N2O2. The Morgan fingerprint density at radius 1 is 1.07 bits per heavy atom. The molecule has 27 heavy (non-hydrogen) atoms. The van der Waals surface area contributed by atoms with Crippen molar-refractivity contribution in [3.63, 3.8) is 0 Å². The molecule has 0 saturated heterocycles. The van der Waals surface area contributed by atoms with E-state index in [-0.39, 0.29) is 17.9 Å². The third-order valence-corrected chi connectivity index (χ3v) is 7.12. The van der Waals surface area contributed by atoms with E-state index in [9.17, 15) is 9.59 Å². The van der Waals surface area contributed by atoms with Crippen LogP contribution in [0.5, 0.6) is 0 Å². The highest BCUT2D eigenvalue weighted by Crippen LogP contribution is 2.60. The summed E-state index contributed by atoms with van der Waals surface area (Å²) in [5.41, 5.74) is 1.35. The lowest BCUT2D eigenvalue weighted by atomic mass is 9.49. The molecule has 4 aliphatic rings. The summed E-state index contributed by atoms with van der Waals surface area (Å²) in [6.45, 7) is 2.40. The largest absolute Gasteiger partial charge is 0.349 e. The van der Waals surface area contributed by atoms with Crippen molar-refractivity contribution in [3.05, 3.63) is 35.9 Å². The maximum atomic E-state index is 13.0. The van der Waals surface area contributed by atoms with Gasteiger partial charge in [0.05, 0.1) is 12.5 Å². The first kappa shape index (κ1) is 18.5. The molecule has 1 unspecified atom stereocenters. The Balaban J connectivity index is 1.41. The van der Waals surface area contributed by atoms with Gasteiger partial charge in [0.15, 0.2) is 0 Å². The second kappa shape index (κ2) is 7.29. The smallest absolute Gasteiger partial charge is 0.224 e. The molecule has 4 bridgehead atoms. The summed E-state index contributed by atoms with van der Waals surface area (Å²) >= 11 is 0. The molecule has 4 aliphatic carbocycles. The molecule has 5 rings (SSSR count). The molecule has 0 spiro atoms. The lowest BCUT2D eigenvalue weighted by molar-refractivity contribution is -0.136. The minimum Gasteiger partial charge on any atom is -0.349 e. The predicted molar refractivity (Wildman–Crippen MR) is 106 cm³/mol. The molecule has 1 aromatic rings. The van der Waals surface area contributed by atoms with Gasteiger partial charge < -0.3 is 10.2 Å². The molecule has 4 saturated carbocycles. The first-order valence-corrected chi connectivity index (χ1v) is 10.5. The summed E-state index contributed by atoms with van der Waals surface area (Å²) in [4.78, 5) is 26.6. The zero-order valence-electron chi connectivity index (χ0n) is 16.6. The molecule has 1 aromatic carbocycles. The number of amides is 2. The summed E-state index contributed by atoms with van der Waals surface area (Å²) in [7, 11) is 1.96. The van der Waals surface area contributed by atoms with Crippen LogP contribution < -0.4 is 5.32 Å². The van der Waals surface area contributed by atoms with Crippen molar-refractivity contribution in [2.24, 2.45) is 23.2 Å². The van der Waals surface area contributed by atoms with Gasteiger partial charge in [0, 0.05) is 20.5 Å². The average Bonchev–Trinajstić information content (AvgIpc) is 2.60. The van der Waals surface area contributed by atoms with Gasteiger partial charge in [0.25, 0.3) is 0 Å². The van der Waals surface area contributed by atoms with Gasteiger partial charge in [-0.1, -0.05) is 30.3 Å². The number of hydrogen-bond donors (Lipinski definition) is 1. The quantitative estimate of drug-likeness (QED) is 0.827. The van der Waals surface area contributed by atoms with E-state index in [4.69, 9.17) is 0 Å². The van der Waals surface area contributed by atoms with Crippen LogP contribution in [0.2, 0.25) is 0 Å². The highest BCUT2D eigenvalue weighted by molar-refractivity contribution is 5.79. The van der Waals surface area contributed by atoms with E-state index in [2.05, 4.69) is 5.32 Å². The molecule has 4 fully saturated rings. The van der Waals surface area contributed by atoms with Crippen LogP contribution in [0.25, 0.3) is 0 Å². The maximum absolute atomic E-state index is 13.0.